The third-order valence-electron chi connectivity index (χ3n) is 8.97. The molecular weight excluding hydrogens is 799 g/mol. The third-order valence-corrected chi connectivity index (χ3v) is 9.90. The number of carbonyl (C=O) groups is 8. The van der Waals surface area contributed by atoms with Crippen LogP contribution >= 0.6 is 11.8 Å². The van der Waals surface area contributed by atoms with Gasteiger partial charge in [-0.05, 0) is 65.6 Å². The van der Waals surface area contributed by atoms with Gasteiger partial charge in [0.15, 0.2) is 10.9 Å². The fraction of sp³-hybridized carbons (Fsp3) is 0.789. The predicted molar refractivity (Wildman–Crippen MR) is 213 cm³/mol. The highest BCUT2D eigenvalue weighted by atomic mass is 32.2. The van der Waals surface area contributed by atoms with Gasteiger partial charge in [-0.25, -0.2) is 9.59 Å². The number of rotatable bonds is 25. The van der Waals surface area contributed by atoms with Crippen LogP contribution in [-0.4, -0.2) is 135 Å². The smallest absolute Gasteiger partial charge is 0.407 e. The van der Waals surface area contributed by atoms with E-state index in [-0.39, 0.29) is 31.0 Å². The second kappa shape index (κ2) is 25.7. The molecule has 1 aliphatic rings. The Kier molecular flexibility index (Phi) is 23.1. The molecule has 0 spiro atoms. The summed E-state index contributed by atoms with van der Waals surface area (Å²) >= 11 is 0.192. The molecule has 0 bridgehead atoms. The van der Waals surface area contributed by atoms with Crippen LogP contribution in [0.25, 0.3) is 0 Å². The Balaban J connectivity index is 2.92. The molecule has 9 N–H and O–H groups in total. The Morgan fingerprint density at radius 2 is 1.46 bits per heavy atom. The summed E-state index contributed by atoms with van der Waals surface area (Å²) in [6.07, 6.45) is -3.73. The van der Waals surface area contributed by atoms with Gasteiger partial charge in [-0.15, -0.1) is 0 Å². The SMILES string of the molecule is COC(=O)[C@@H](CCC(N)=O)NC(=O)[C@H](C)NC(=O)[C@@H](C)O[C@H]1[C@H](O)[C@@H](C(O)C(=O)CCCCCCCCCCNC(=O)OC(C)(C)C)OC(O)(SC(C)=O)[C@@H]1NC(C)=O. The molecular formula is C38H65N5O15S. The number of aliphatic hydroxyl groups is 3. The van der Waals surface area contributed by atoms with Gasteiger partial charge in [0.1, 0.15) is 54.2 Å². The maximum atomic E-state index is 13.2. The zero-order chi connectivity index (χ0) is 45.1. The van der Waals surface area contributed by atoms with E-state index >= 15 is 0 Å². The molecule has 0 saturated carbocycles. The molecule has 2 unspecified atom stereocenters. The van der Waals surface area contributed by atoms with Crippen LogP contribution < -0.4 is 27.0 Å². The minimum atomic E-state index is -2.70. The Morgan fingerprint density at radius 3 is 1.98 bits per heavy atom. The maximum Gasteiger partial charge on any atom is 0.407 e. The zero-order valence-corrected chi connectivity index (χ0v) is 36.1. The Bertz CT molecular complexity index is 1450. The lowest BCUT2D eigenvalue weighted by atomic mass is 9.90. The summed E-state index contributed by atoms with van der Waals surface area (Å²) in [6, 6.07) is -4.28. The number of thioether (sulfide) groups is 1. The quantitative estimate of drug-likeness (QED) is 0.0349. The summed E-state index contributed by atoms with van der Waals surface area (Å²) in [4.78, 5) is 98.9. The maximum absolute atomic E-state index is 13.2. The van der Waals surface area contributed by atoms with Gasteiger partial charge in [0.2, 0.25) is 28.7 Å². The summed E-state index contributed by atoms with van der Waals surface area (Å²) in [7, 11) is 1.08. The van der Waals surface area contributed by atoms with Crippen molar-refractivity contribution in [3.8, 4) is 0 Å². The molecule has 0 aromatic carbocycles. The van der Waals surface area contributed by atoms with E-state index in [1.54, 1.807) is 20.8 Å². The lowest BCUT2D eigenvalue weighted by Gasteiger charge is -2.49. The molecule has 1 aliphatic heterocycles. The van der Waals surface area contributed by atoms with E-state index < -0.39 is 106 Å². The fourth-order valence-corrected chi connectivity index (χ4v) is 6.91. The van der Waals surface area contributed by atoms with E-state index in [1.165, 1.54) is 13.8 Å². The van der Waals surface area contributed by atoms with Crippen LogP contribution in [0.4, 0.5) is 4.79 Å². The number of nitrogens with one attached hydrogen (secondary N) is 4. The summed E-state index contributed by atoms with van der Waals surface area (Å²) < 4.78 is 21.3. The van der Waals surface area contributed by atoms with Crippen molar-refractivity contribution in [2.45, 2.75) is 178 Å². The van der Waals surface area contributed by atoms with Gasteiger partial charge >= 0.3 is 12.1 Å². The van der Waals surface area contributed by atoms with E-state index in [0.717, 1.165) is 59.5 Å². The van der Waals surface area contributed by atoms with Gasteiger partial charge < -0.3 is 61.3 Å². The average Bonchev–Trinajstić information content (AvgIpc) is 3.12. The number of alkyl carbamates (subject to hydrolysis) is 1. The molecule has 9 atom stereocenters. The van der Waals surface area contributed by atoms with Gasteiger partial charge in [-0.3, -0.25) is 28.8 Å². The minimum Gasteiger partial charge on any atom is -0.467 e. The number of carbonyl (C=O) groups excluding carboxylic acids is 8. The highest BCUT2D eigenvalue weighted by Gasteiger charge is 2.59. The van der Waals surface area contributed by atoms with Crippen molar-refractivity contribution in [3.05, 3.63) is 0 Å². The van der Waals surface area contributed by atoms with Crippen molar-refractivity contribution in [3.63, 3.8) is 0 Å². The molecule has 21 heteroatoms. The molecule has 0 aromatic rings. The monoisotopic (exact) mass is 863 g/mol. The molecule has 20 nitrogen and oxygen atoms in total. The van der Waals surface area contributed by atoms with Gasteiger partial charge in [-0.2, -0.15) is 0 Å². The second-order valence-corrected chi connectivity index (χ2v) is 16.8. The van der Waals surface area contributed by atoms with Crippen molar-refractivity contribution in [2.75, 3.05) is 13.7 Å². The molecule has 1 rings (SSSR count). The number of hydrogen-bond donors (Lipinski definition) is 8. The first-order chi connectivity index (χ1) is 27.4. The Hall–Kier alpha value is -3.89. The summed E-state index contributed by atoms with van der Waals surface area (Å²) in [5.41, 5.74) is 4.59. The van der Waals surface area contributed by atoms with Crippen molar-refractivity contribution >= 4 is 58.4 Å². The summed E-state index contributed by atoms with van der Waals surface area (Å²) in [6.45, 7) is 10.5. The van der Waals surface area contributed by atoms with Crippen molar-refractivity contribution in [2.24, 2.45) is 5.73 Å². The number of hydrogen-bond acceptors (Lipinski definition) is 16. The number of amides is 5. The number of Topliss-reactive ketones (excluding diaryl/α,β-unsaturated/α-hetero) is 1. The molecule has 5 amide bonds. The highest BCUT2D eigenvalue weighted by Crippen LogP contribution is 2.40. The first-order valence-corrected chi connectivity index (χ1v) is 20.6. The van der Waals surface area contributed by atoms with Crippen LogP contribution in [0.2, 0.25) is 0 Å². The molecule has 1 heterocycles. The van der Waals surface area contributed by atoms with Gasteiger partial charge in [0.25, 0.3) is 0 Å². The summed E-state index contributed by atoms with van der Waals surface area (Å²) in [5.74, 6) is -4.85. The lowest BCUT2D eigenvalue weighted by Crippen LogP contribution is -2.72. The standard InChI is InChI=1S/C38H65N5O15S/c1-21(33(50)43-25(35(52)55-8)18-19-27(39)47)41-34(51)22(2)56-31-29(49)30(57-38(54,59-24(4)45)32(31)42-23(3)44)28(48)26(46)17-15-13-11-9-10-12-14-16-20-40-36(53)58-37(5,6)7/h21-22,25,28-32,48-49,54H,9-20H2,1-8H3,(H2,39,47)(H,40,53)(H,41,51)(H,42,44)(H,43,50)/t21-,22+,25+,28?,29+,30+,31-,32+,38?/m0/s1. The average molecular weight is 864 g/mol. The third kappa shape index (κ3) is 19.8. The fourth-order valence-electron chi connectivity index (χ4n) is 6.01. The van der Waals surface area contributed by atoms with Crippen LogP contribution in [-0.2, 0) is 52.5 Å². The normalized spacial score (nSPS) is 22.4. The molecule has 59 heavy (non-hydrogen) atoms. The van der Waals surface area contributed by atoms with Crippen LogP contribution in [0.15, 0.2) is 0 Å². The number of esters is 1. The molecule has 1 fully saturated rings. The van der Waals surface area contributed by atoms with E-state index in [1.807, 2.05) is 0 Å². The van der Waals surface area contributed by atoms with Crippen molar-refractivity contribution in [1.82, 2.24) is 21.3 Å². The van der Waals surface area contributed by atoms with E-state index in [2.05, 4.69) is 26.0 Å². The van der Waals surface area contributed by atoms with Crippen LogP contribution in [0.3, 0.4) is 0 Å². The number of ketones is 1. The second-order valence-electron chi connectivity index (χ2n) is 15.5. The largest absolute Gasteiger partial charge is 0.467 e. The molecule has 0 aliphatic carbocycles. The molecule has 1 saturated heterocycles. The Morgan fingerprint density at radius 1 is 0.881 bits per heavy atom. The van der Waals surface area contributed by atoms with Crippen LogP contribution in [0, 0.1) is 0 Å². The number of methoxy groups -OCH3 is 1. The van der Waals surface area contributed by atoms with Gasteiger partial charge in [-0.1, -0.05) is 38.5 Å². The number of primary amides is 1. The number of nitrogens with two attached hydrogens (primary N) is 1. The van der Waals surface area contributed by atoms with Crippen LogP contribution in [0.5, 0.6) is 0 Å². The zero-order valence-electron chi connectivity index (χ0n) is 35.3. The number of aliphatic hydroxyl groups excluding tert-OH is 2. The summed E-state index contributed by atoms with van der Waals surface area (Å²) in [5, 5.41) is 40.6. The first-order valence-electron chi connectivity index (χ1n) is 19.8. The van der Waals surface area contributed by atoms with Crippen LogP contribution in [0.1, 0.15) is 119 Å². The minimum absolute atomic E-state index is 0.110. The number of ether oxygens (including phenoxy) is 4. The first kappa shape index (κ1) is 53.1. The predicted octanol–water partition coefficient (Wildman–Crippen LogP) is 0.344. The molecule has 0 radical (unpaired) electrons. The van der Waals surface area contributed by atoms with E-state index in [9.17, 15) is 53.7 Å². The van der Waals surface area contributed by atoms with E-state index in [4.69, 9.17) is 19.9 Å². The van der Waals surface area contributed by atoms with E-state index in [0.29, 0.717) is 19.4 Å². The molecule has 338 valence electrons. The topological polar surface area (TPSA) is 308 Å². The van der Waals surface area contributed by atoms with Crippen molar-refractivity contribution < 1.29 is 72.6 Å². The van der Waals surface area contributed by atoms with Crippen molar-refractivity contribution in [1.29, 1.82) is 0 Å². The lowest BCUT2D eigenvalue weighted by molar-refractivity contribution is -0.291. The Labute approximate surface area is 349 Å². The number of unbranched alkanes of at least 4 members (excludes halogenated alkanes) is 7. The van der Waals surface area contributed by atoms with Gasteiger partial charge in [0.05, 0.1) is 7.11 Å². The highest BCUT2D eigenvalue weighted by molar-refractivity contribution is 8.14. The molecule has 0 aromatic heterocycles. The van der Waals surface area contributed by atoms with Gasteiger partial charge in [0, 0.05) is 33.2 Å².